The molecule has 0 saturated carbocycles. The summed E-state index contributed by atoms with van der Waals surface area (Å²) in [5.74, 6) is -1.35. The molecule has 0 radical (unpaired) electrons. The summed E-state index contributed by atoms with van der Waals surface area (Å²) in [6.45, 7) is 1.34. The second-order valence-electron chi connectivity index (χ2n) is 10.1. The lowest BCUT2D eigenvalue weighted by Gasteiger charge is -2.20. The van der Waals surface area contributed by atoms with E-state index in [2.05, 4.69) is 83.3 Å². The number of aromatic nitrogens is 1. The van der Waals surface area contributed by atoms with E-state index in [1.165, 1.54) is 6.20 Å². The summed E-state index contributed by atoms with van der Waals surface area (Å²) in [4.78, 5) is 41.2. The van der Waals surface area contributed by atoms with E-state index in [1.807, 2.05) is 12.2 Å². The Hall–Kier alpha value is -4.08. The zero-order valence-electron chi connectivity index (χ0n) is 26.6. The van der Waals surface area contributed by atoms with Crippen molar-refractivity contribution in [3.05, 3.63) is 103 Å². The van der Waals surface area contributed by atoms with Gasteiger partial charge in [0.05, 0.1) is 18.8 Å². The minimum atomic E-state index is -1.07. The average Bonchev–Trinajstić information content (AvgIpc) is 3.06. The van der Waals surface area contributed by atoms with E-state index in [0.29, 0.717) is 18.4 Å². The zero-order chi connectivity index (χ0) is 32.8. The normalized spacial score (nSPS) is 12.9. The van der Waals surface area contributed by atoms with Gasteiger partial charge in [0.15, 0.2) is 0 Å². The van der Waals surface area contributed by atoms with Crippen molar-refractivity contribution in [2.24, 2.45) is 0 Å². The van der Waals surface area contributed by atoms with E-state index in [0.717, 1.165) is 38.5 Å². The van der Waals surface area contributed by atoms with Gasteiger partial charge in [-0.15, -0.1) is 0 Å². The Labute approximate surface area is 268 Å². The number of rotatable bonds is 24. The summed E-state index contributed by atoms with van der Waals surface area (Å²) in [6.07, 6.45) is 34.3. The molecule has 4 N–H and O–H groups in total. The van der Waals surface area contributed by atoms with E-state index in [1.54, 1.807) is 18.3 Å². The number of carbonyl (C=O) groups excluding carboxylic acids is 3. The van der Waals surface area contributed by atoms with E-state index in [-0.39, 0.29) is 31.2 Å². The van der Waals surface area contributed by atoms with Crippen molar-refractivity contribution in [1.29, 1.82) is 0 Å². The van der Waals surface area contributed by atoms with Gasteiger partial charge in [-0.05, 0) is 69.9 Å². The lowest BCUT2D eigenvalue weighted by Crippen LogP contribution is -2.44. The van der Waals surface area contributed by atoms with Gasteiger partial charge >= 0.3 is 5.97 Å². The predicted molar refractivity (Wildman–Crippen MR) is 179 cm³/mol. The highest BCUT2D eigenvalue weighted by molar-refractivity contribution is 5.93. The van der Waals surface area contributed by atoms with Crippen LogP contribution in [0, 0.1) is 0 Å². The van der Waals surface area contributed by atoms with Crippen LogP contribution in [0.2, 0.25) is 0 Å². The number of nitrogens with zero attached hydrogens (tertiary/aromatic N) is 1. The van der Waals surface area contributed by atoms with E-state index in [4.69, 9.17) is 4.74 Å². The second-order valence-corrected chi connectivity index (χ2v) is 10.1. The van der Waals surface area contributed by atoms with Gasteiger partial charge in [0.2, 0.25) is 5.91 Å². The quantitative estimate of drug-likeness (QED) is 0.0684. The fraction of sp³-hybridized carbons (Fsp3) is 0.444. The number of hydrogen-bond donors (Lipinski definition) is 4. The van der Waals surface area contributed by atoms with E-state index in [9.17, 15) is 24.6 Å². The van der Waals surface area contributed by atoms with Crippen LogP contribution in [0.15, 0.2) is 97.4 Å². The van der Waals surface area contributed by atoms with Gasteiger partial charge < -0.3 is 25.6 Å². The molecular formula is C36H51N3O6. The maximum atomic E-state index is 12.6. The Morgan fingerprint density at radius 1 is 0.844 bits per heavy atom. The Morgan fingerprint density at radius 2 is 1.40 bits per heavy atom. The number of pyridine rings is 1. The molecular weight excluding hydrogens is 570 g/mol. The third-order valence-electron chi connectivity index (χ3n) is 6.32. The maximum absolute atomic E-state index is 12.6. The van der Waals surface area contributed by atoms with Crippen molar-refractivity contribution in [2.75, 3.05) is 19.8 Å². The molecule has 1 aromatic heterocycles. The number of aliphatic hydroxyl groups is 2. The number of nitrogens with one attached hydrogen (secondary N) is 2. The number of ether oxygens (including phenoxy) is 1. The lowest BCUT2D eigenvalue weighted by atomic mass is 10.1. The summed E-state index contributed by atoms with van der Waals surface area (Å²) in [7, 11) is 0. The number of esters is 1. The summed E-state index contributed by atoms with van der Waals surface area (Å²) in [5.41, 5.74) is 0.421. The molecule has 0 aliphatic carbocycles. The van der Waals surface area contributed by atoms with Crippen LogP contribution < -0.4 is 10.6 Å². The van der Waals surface area contributed by atoms with Crippen molar-refractivity contribution in [3.8, 4) is 0 Å². The molecule has 45 heavy (non-hydrogen) atoms. The molecule has 1 rings (SSSR count). The Morgan fingerprint density at radius 3 is 1.91 bits per heavy atom. The Kier molecular flexibility index (Phi) is 23.8. The first-order valence-corrected chi connectivity index (χ1v) is 15.8. The lowest BCUT2D eigenvalue weighted by molar-refractivity contribution is -0.157. The molecule has 1 aromatic rings. The smallest absolute Gasteiger partial charge is 0.329 e. The van der Waals surface area contributed by atoms with Crippen molar-refractivity contribution in [2.45, 2.75) is 83.3 Å². The Bertz CT molecular complexity index is 1120. The summed E-state index contributed by atoms with van der Waals surface area (Å²) >= 11 is 0. The standard InChI is InChI=1S/C36H51N3O6/c1-2-3-4-5-6-7-8-9-10-11-12-13-14-15-16-17-18-19-20-25-34(42)39-33(36(44)45-32(29-40)30-41)24-22-27-38-35(43)31-23-21-26-37-28-31/h3-4,6-7,9-10,12-13,15-16,18-19,21,23,26,28,32-33,40-41H,2,5,8,11,14,17,20,22,24-25,27,29-30H2,1H3,(H,38,43)(H,39,42)/t33-/m0/s1. The molecule has 0 aliphatic rings. The third-order valence-corrected chi connectivity index (χ3v) is 6.32. The van der Waals surface area contributed by atoms with Crippen LogP contribution in [0.5, 0.6) is 0 Å². The van der Waals surface area contributed by atoms with Crippen molar-refractivity contribution in [3.63, 3.8) is 0 Å². The van der Waals surface area contributed by atoms with Gasteiger partial charge in [0.1, 0.15) is 12.1 Å². The molecule has 246 valence electrons. The predicted octanol–water partition coefficient (Wildman–Crippen LogP) is 5.45. The molecule has 0 spiro atoms. The number of amides is 2. The number of carbonyl (C=O) groups is 3. The van der Waals surface area contributed by atoms with Gasteiger partial charge in [-0.25, -0.2) is 4.79 Å². The summed E-state index contributed by atoms with van der Waals surface area (Å²) in [5, 5.41) is 23.9. The molecule has 0 unspecified atom stereocenters. The molecule has 1 atom stereocenters. The highest BCUT2D eigenvalue weighted by Gasteiger charge is 2.24. The molecule has 0 aromatic carbocycles. The van der Waals surface area contributed by atoms with Crippen LogP contribution in [-0.2, 0) is 14.3 Å². The monoisotopic (exact) mass is 621 g/mol. The van der Waals surface area contributed by atoms with Crippen molar-refractivity contribution in [1.82, 2.24) is 15.6 Å². The zero-order valence-corrected chi connectivity index (χ0v) is 26.6. The highest BCUT2D eigenvalue weighted by Crippen LogP contribution is 2.05. The van der Waals surface area contributed by atoms with E-state index >= 15 is 0 Å². The molecule has 0 aliphatic heterocycles. The minimum Gasteiger partial charge on any atom is -0.456 e. The van der Waals surface area contributed by atoms with Gasteiger partial charge in [0.25, 0.3) is 5.91 Å². The van der Waals surface area contributed by atoms with E-state index < -0.39 is 31.3 Å². The van der Waals surface area contributed by atoms with Gasteiger partial charge in [-0.3, -0.25) is 14.6 Å². The number of hydrogen-bond acceptors (Lipinski definition) is 7. The van der Waals surface area contributed by atoms with Crippen molar-refractivity contribution < 1.29 is 29.3 Å². The summed E-state index contributed by atoms with van der Waals surface area (Å²) in [6, 6.07) is 2.33. The SMILES string of the molecule is CCC=CCC=CCC=CCC=CCC=CCC=CCCC(=O)N[C@@H](CCCNC(=O)c1cccnc1)C(=O)OC(CO)CO. The Balaban J connectivity index is 2.33. The molecule has 0 bridgehead atoms. The maximum Gasteiger partial charge on any atom is 0.329 e. The molecule has 1 heterocycles. The van der Waals surface area contributed by atoms with Crippen LogP contribution in [0.3, 0.4) is 0 Å². The average molecular weight is 622 g/mol. The second kappa shape index (κ2) is 27.5. The van der Waals surface area contributed by atoms with Crippen LogP contribution in [-0.4, -0.2) is 64.9 Å². The van der Waals surface area contributed by atoms with Crippen molar-refractivity contribution >= 4 is 17.8 Å². The summed E-state index contributed by atoms with van der Waals surface area (Å²) < 4.78 is 5.12. The molecule has 0 saturated heterocycles. The fourth-order valence-corrected chi connectivity index (χ4v) is 3.86. The van der Waals surface area contributed by atoms with Crippen LogP contribution in [0.1, 0.15) is 81.5 Å². The molecule has 0 fully saturated rings. The van der Waals surface area contributed by atoms with Crippen LogP contribution >= 0.6 is 0 Å². The van der Waals surface area contributed by atoms with Gasteiger partial charge in [-0.2, -0.15) is 0 Å². The first-order chi connectivity index (χ1) is 22.0. The highest BCUT2D eigenvalue weighted by atomic mass is 16.6. The number of allylic oxidation sites excluding steroid dienone is 12. The topological polar surface area (TPSA) is 138 Å². The first-order valence-electron chi connectivity index (χ1n) is 15.8. The molecule has 9 nitrogen and oxygen atoms in total. The third kappa shape index (κ3) is 21.3. The van der Waals surface area contributed by atoms with Gasteiger partial charge in [0, 0.05) is 25.4 Å². The van der Waals surface area contributed by atoms with Crippen LogP contribution in [0.25, 0.3) is 0 Å². The largest absolute Gasteiger partial charge is 0.456 e. The minimum absolute atomic E-state index is 0.188. The molecule has 2 amide bonds. The number of aliphatic hydroxyl groups excluding tert-OH is 2. The van der Waals surface area contributed by atoms with Gasteiger partial charge in [-0.1, -0.05) is 79.8 Å². The fourth-order valence-electron chi connectivity index (χ4n) is 3.86. The molecule has 9 heteroatoms. The van der Waals surface area contributed by atoms with Crippen LogP contribution in [0.4, 0.5) is 0 Å². The first kappa shape index (κ1) is 38.9.